The molecule has 0 saturated heterocycles. The van der Waals surface area contributed by atoms with Gasteiger partial charge in [0, 0.05) is 7.11 Å². The smallest absolute Gasteiger partial charge is 0.368 e. The van der Waals surface area contributed by atoms with Gasteiger partial charge in [0.1, 0.15) is 0 Å². The molecule has 0 aliphatic heterocycles. The standard InChI is InChI=1S/C2H10O9Si2/c1-9-12(5,6)11-13(7,8)10-2(3)4/h2-8H,1H3. The van der Waals surface area contributed by atoms with Gasteiger partial charge in [0.05, 0.1) is 0 Å². The van der Waals surface area contributed by atoms with Crippen molar-refractivity contribution in [1.82, 2.24) is 0 Å². The quantitative estimate of drug-likeness (QED) is 0.205. The van der Waals surface area contributed by atoms with Gasteiger partial charge in [0.25, 0.3) is 6.48 Å². The van der Waals surface area contributed by atoms with Gasteiger partial charge in [0.2, 0.25) is 0 Å². The van der Waals surface area contributed by atoms with Crippen molar-refractivity contribution in [3.63, 3.8) is 0 Å². The van der Waals surface area contributed by atoms with E-state index in [2.05, 4.69) is 13.0 Å². The van der Waals surface area contributed by atoms with Gasteiger partial charge in [-0.05, 0) is 0 Å². The van der Waals surface area contributed by atoms with Crippen LogP contribution in [-0.4, -0.2) is 61.1 Å². The molecule has 0 aromatic heterocycles. The highest BCUT2D eigenvalue weighted by atomic mass is 28.5. The molecular weight excluding hydrogens is 224 g/mol. The first-order chi connectivity index (χ1) is 5.68. The molecule has 0 fully saturated rings. The van der Waals surface area contributed by atoms with Crippen molar-refractivity contribution in [2.24, 2.45) is 0 Å². The lowest BCUT2D eigenvalue weighted by molar-refractivity contribution is -0.215. The lowest BCUT2D eigenvalue weighted by Crippen LogP contribution is -2.57. The van der Waals surface area contributed by atoms with Crippen LogP contribution in [0.5, 0.6) is 0 Å². The first-order valence-corrected chi connectivity index (χ1v) is 6.29. The van der Waals surface area contributed by atoms with Crippen LogP contribution in [0.25, 0.3) is 0 Å². The third-order valence-electron chi connectivity index (χ3n) is 0.791. The van der Waals surface area contributed by atoms with E-state index < -0.39 is 24.6 Å². The van der Waals surface area contributed by atoms with E-state index in [-0.39, 0.29) is 0 Å². The van der Waals surface area contributed by atoms with Crippen LogP contribution in [0.4, 0.5) is 0 Å². The van der Waals surface area contributed by atoms with E-state index in [4.69, 9.17) is 29.4 Å². The zero-order chi connectivity index (χ0) is 10.7. The Morgan fingerprint density at radius 3 is 1.77 bits per heavy atom. The van der Waals surface area contributed by atoms with E-state index >= 15 is 0 Å². The van der Waals surface area contributed by atoms with Crippen LogP contribution in [0.2, 0.25) is 0 Å². The van der Waals surface area contributed by atoms with E-state index in [1.807, 2.05) is 0 Å². The molecule has 0 radical (unpaired) electrons. The summed E-state index contributed by atoms with van der Waals surface area (Å²) in [4.78, 5) is 34.8. The Bertz CT molecular complexity index is 156. The Morgan fingerprint density at radius 2 is 1.46 bits per heavy atom. The Hall–Kier alpha value is 0.0738. The largest absolute Gasteiger partial charge is 0.672 e. The van der Waals surface area contributed by atoms with Gasteiger partial charge >= 0.3 is 18.1 Å². The molecular formula is C2H10O9Si2. The fraction of sp³-hybridized carbons (Fsp3) is 1.00. The summed E-state index contributed by atoms with van der Waals surface area (Å²) in [5, 5.41) is 16.3. The van der Waals surface area contributed by atoms with Gasteiger partial charge in [0.15, 0.2) is 0 Å². The molecule has 80 valence electrons. The summed E-state index contributed by atoms with van der Waals surface area (Å²) in [6.07, 6.45) is 0. The van der Waals surface area contributed by atoms with Gasteiger partial charge < -0.3 is 42.4 Å². The predicted octanol–water partition coefficient (Wildman–Crippen LogP) is -4.23. The van der Waals surface area contributed by atoms with Crippen molar-refractivity contribution in [1.29, 1.82) is 0 Å². The molecule has 0 bridgehead atoms. The van der Waals surface area contributed by atoms with E-state index in [1.54, 1.807) is 0 Å². The second-order valence-corrected chi connectivity index (χ2v) is 5.50. The maximum absolute atomic E-state index is 8.72. The molecule has 0 saturated carbocycles. The second kappa shape index (κ2) is 4.53. The molecule has 0 rings (SSSR count). The topological polar surface area (TPSA) is 149 Å². The Kier molecular flexibility index (Phi) is 4.56. The molecule has 0 aromatic carbocycles. The van der Waals surface area contributed by atoms with Crippen LogP contribution in [0, 0.1) is 0 Å². The first-order valence-electron chi connectivity index (χ1n) is 2.87. The van der Waals surface area contributed by atoms with Crippen LogP contribution in [0.1, 0.15) is 0 Å². The minimum absolute atomic E-state index is 0.853. The summed E-state index contributed by atoms with van der Waals surface area (Å²) in [5.74, 6) is 0. The third kappa shape index (κ3) is 6.19. The molecule has 0 aliphatic rings. The maximum Gasteiger partial charge on any atom is 0.672 e. The number of hydrogen-bond acceptors (Lipinski definition) is 9. The summed E-state index contributed by atoms with van der Waals surface area (Å²) in [6.45, 7) is -2.50. The zero-order valence-corrected chi connectivity index (χ0v) is 8.49. The molecule has 0 aliphatic carbocycles. The van der Waals surface area contributed by atoms with Gasteiger partial charge in [-0.1, -0.05) is 0 Å². The zero-order valence-electron chi connectivity index (χ0n) is 6.49. The Labute approximate surface area is 75.0 Å². The fourth-order valence-electron chi connectivity index (χ4n) is 0.376. The highest BCUT2D eigenvalue weighted by Crippen LogP contribution is 2.07. The van der Waals surface area contributed by atoms with Crippen LogP contribution in [0.15, 0.2) is 0 Å². The molecule has 11 heteroatoms. The SMILES string of the molecule is CO[Si](O)(O)O[Si](O)(O)OC(O)O. The summed E-state index contributed by atoms with van der Waals surface area (Å²) in [6, 6.07) is 0. The van der Waals surface area contributed by atoms with Crippen molar-refractivity contribution in [3.05, 3.63) is 0 Å². The highest BCUT2D eigenvalue weighted by Gasteiger charge is 2.51. The predicted molar refractivity (Wildman–Crippen MR) is 37.8 cm³/mol. The molecule has 0 aromatic rings. The summed E-state index contributed by atoms with van der Waals surface area (Å²) in [5.41, 5.74) is 0. The van der Waals surface area contributed by atoms with Crippen molar-refractivity contribution in [3.8, 4) is 0 Å². The maximum atomic E-state index is 8.72. The second-order valence-electron chi connectivity index (χ2n) is 1.85. The molecule has 0 spiro atoms. The van der Waals surface area contributed by atoms with Crippen molar-refractivity contribution >= 4 is 18.1 Å². The molecule has 0 heterocycles. The molecule has 0 atom stereocenters. The van der Waals surface area contributed by atoms with Gasteiger partial charge in [-0.15, -0.1) is 0 Å². The van der Waals surface area contributed by atoms with Gasteiger partial charge in [-0.2, -0.15) is 0 Å². The minimum Gasteiger partial charge on any atom is -0.368 e. The Balaban J connectivity index is 4.16. The average molecular weight is 234 g/mol. The van der Waals surface area contributed by atoms with Crippen LogP contribution >= 0.6 is 0 Å². The molecule has 6 N–H and O–H groups in total. The summed E-state index contributed by atoms with van der Waals surface area (Å²) >= 11 is 0. The van der Waals surface area contributed by atoms with E-state index in [9.17, 15) is 0 Å². The van der Waals surface area contributed by atoms with Crippen molar-refractivity contribution < 1.29 is 42.4 Å². The van der Waals surface area contributed by atoms with Gasteiger partial charge in [-0.25, -0.2) is 0 Å². The molecule has 9 nitrogen and oxygen atoms in total. The lowest BCUT2D eigenvalue weighted by atomic mass is 11.4. The number of aliphatic hydroxyl groups excluding tert-OH is 1. The third-order valence-corrected chi connectivity index (χ3v) is 3.97. The highest BCUT2D eigenvalue weighted by molar-refractivity contribution is 6.65. The van der Waals surface area contributed by atoms with Crippen LogP contribution in [0.3, 0.4) is 0 Å². The van der Waals surface area contributed by atoms with E-state index in [0.717, 1.165) is 7.11 Å². The van der Waals surface area contributed by atoms with Gasteiger partial charge in [-0.3, -0.25) is 0 Å². The average Bonchev–Trinajstić information content (AvgIpc) is 1.81. The van der Waals surface area contributed by atoms with Crippen LogP contribution in [-0.2, 0) is 13.0 Å². The number of rotatable bonds is 5. The molecule has 13 heavy (non-hydrogen) atoms. The van der Waals surface area contributed by atoms with Crippen molar-refractivity contribution in [2.45, 2.75) is 6.48 Å². The summed E-state index contributed by atoms with van der Waals surface area (Å²) < 4.78 is 11.4. The normalized spacial score (nSPS) is 13.8. The van der Waals surface area contributed by atoms with Crippen LogP contribution < -0.4 is 0 Å². The molecule has 0 unspecified atom stereocenters. The first kappa shape index (κ1) is 13.1. The fourth-order valence-corrected chi connectivity index (χ4v) is 2.56. The summed E-state index contributed by atoms with van der Waals surface area (Å²) in [7, 11) is -8.80. The molecule has 0 amide bonds. The monoisotopic (exact) mass is 234 g/mol. The number of aliphatic hydroxyl groups is 2. The van der Waals surface area contributed by atoms with E-state index in [0.29, 0.717) is 0 Å². The van der Waals surface area contributed by atoms with E-state index in [1.165, 1.54) is 0 Å². The number of hydrogen-bond donors (Lipinski definition) is 6. The minimum atomic E-state index is -4.99. The lowest BCUT2D eigenvalue weighted by Gasteiger charge is -2.22. The Morgan fingerprint density at radius 1 is 1.00 bits per heavy atom. The van der Waals surface area contributed by atoms with Crippen molar-refractivity contribution in [2.75, 3.05) is 7.11 Å².